The summed E-state index contributed by atoms with van der Waals surface area (Å²) in [6, 6.07) is 11.1. The minimum Gasteiger partial charge on any atom is -0.462 e. The van der Waals surface area contributed by atoms with E-state index in [1.807, 2.05) is 24.3 Å². The zero-order chi connectivity index (χ0) is 19.6. The van der Waals surface area contributed by atoms with Gasteiger partial charge in [-0.05, 0) is 32.9 Å². The highest BCUT2D eigenvalue weighted by Gasteiger charge is 2.27. The van der Waals surface area contributed by atoms with Crippen LogP contribution >= 0.6 is 0 Å². The fourth-order valence-electron chi connectivity index (χ4n) is 3.02. The van der Waals surface area contributed by atoms with Gasteiger partial charge in [0.05, 0.1) is 17.7 Å². The zero-order valence-electron chi connectivity index (χ0n) is 15.3. The number of H-pyrrole nitrogens is 1. The van der Waals surface area contributed by atoms with Crippen molar-refractivity contribution in [2.75, 3.05) is 6.61 Å². The van der Waals surface area contributed by atoms with Gasteiger partial charge in [-0.1, -0.05) is 18.2 Å². The molecule has 6 nitrogen and oxygen atoms in total. The highest BCUT2D eigenvalue weighted by molar-refractivity contribution is 6.19. The normalized spacial score (nSPS) is 11.4. The van der Waals surface area contributed by atoms with Gasteiger partial charge in [0.1, 0.15) is 23.0 Å². The van der Waals surface area contributed by atoms with Crippen LogP contribution in [0.1, 0.15) is 44.8 Å². The number of carbonyl (C=O) groups is 2. The summed E-state index contributed by atoms with van der Waals surface area (Å²) in [6.07, 6.45) is 1.39. The Labute approximate surface area is 156 Å². The van der Waals surface area contributed by atoms with E-state index in [-0.39, 0.29) is 23.3 Å². The van der Waals surface area contributed by atoms with Crippen molar-refractivity contribution in [2.45, 2.75) is 20.8 Å². The average molecular weight is 362 g/mol. The Kier molecular flexibility index (Phi) is 4.95. The Balaban J connectivity index is 2.05. The first-order valence-electron chi connectivity index (χ1n) is 8.47. The molecule has 6 heteroatoms. The van der Waals surface area contributed by atoms with Crippen molar-refractivity contribution >= 4 is 28.8 Å². The fourth-order valence-corrected chi connectivity index (χ4v) is 3.02. The van der Waals surface area contributed by atoms with Crippen LogP contribution in [0.3, 0.4) is 0 Å². The van der Waals surface area contributed by atoms with E-state index in [9.17, 15) is 14.9 Å². The van der Waals surface area contributed by atoms with E-state index in [1.165, 1.54) is 6.08 Å². The summed E-state index contributed by atoms with van der Waals surface area (Å²) in [5.41, 5.74) is 1.87. The second kappa shape index (κ2) is 7.34. The topological polar surface area (TPSA) is 96.1 Å². The summed E-state index contributed by atoms with van der Waals surface area (Å²) >= 11 is 0. The maximum Gasteiger partial charge on any atom is 0.340 e. The third kappa shape index (κ3) is 3.40. The minimum absolute atomic E-state index is 0.123. The minimum atomic E-state index is -0.594. The van der Waals surface area contributed by atoms with Crippen LogP contribution in [-0.2, 0) is 4.74 Å². The van der Waals surface area contributed by atoms with E-state index in [4.69, 9.17) is 9.15 Å². The second-order valence-electron chi connectivity index (χ2n) is 6.03. The Morgan fingerprint density at radius 3 is 2.59 bits per heavy atom. The highest BCUT2D eigenvalue weighted by atomic mass is 16.5. The summed E-state index contributed by atoms with van der Waals surface area (Å²) in [5.74, 6) is -0.754. The van der Waals surface area contributed by atoms with Crippen molar-refractivity contribution in [1.82, 2.24) is 4.98 Å². The largest absolute Gasteiger partial charge is 0.462 e. The van der Waals surface area contributed by atoms with Gasteiger partial charge < -0.3 is 14.1 Å². The molecule has 1 N–H and O–H groups in total. The number of ketones is 1. The maximum atomic E-state index is 13.0. The number of hydrogen-bond donors (Lipinski definition) is 1. The molecule has 2 heterocycles. The lowest BCUT2D eigenvalue weighted by molar-refractivity contribution is 0.0523. The number of benzene rings is 1. The molecule has 27 heavy (non-hydrogen) atoms. The van der Waals surface area contributed by atoms with Crippen molar-refractivity contribution < 1.29 is 18.7 Å². The van der Waals surface area contributed by atoms with Crippen LogP contribution in [-0.4, -0.2) is 23.3 Å². The number of nitrogens with zero attached hydrogens (tertiary/aromatic N) is 1. The van der Waals surface area contributed by atoms with Crippen LogP contribution in [0.25, 0.3) is 17.0 Å². The molecule has 0 radical (unpaired) electrons. The van der Waals surface area contributed by atoms with Crippen molar-refractivity contribution in [2.24, 2.45) is 0 Å². The van der Waals surface area contributed by atoms with Gasteiger partial charge in [0, 0.05) is 22.9 Å². The van der Waals surface area contributed by atoms with E-state index in [0.29, 0.717) is 22.7 Å². The highest BCUT2D eigenvalue weighted by Crippen LogP contribution is 2.25. The number of aromatic nitrogens is 1. The summed E-state index contributed by atoms with van der Waals surface area (Å²) < 4.78 is 10.7. The predicted octanol–water partition coefficient (Wildman–Crippen LogP) is 4.34. The summed E-state index contributed by atoms with van der Waals surface area (Å²) in [7, 11) is 0. The number of para-hydroxylation sites is 1. The molecular weight excluding hydrogens is 344 g/mol. The number of nitriles is 1. The Morgan fingerprint density at radius 2 is 1.93 bits per heavy atom. The first kappa shape index (κ1) is 18.2. The number of furan rings is 1. The van der Waals surface area contributed by atoms with Crippen LogP contribution in [0, 0.1) is 25.2 Å². The molecule has 136 valence electrons. The van der Waals surface area contributed by atoms with Crippen molar-refractivity contribution in [1.29, 1.82) is 5.26 Å². The van der Waals surface area contributed by atoms with Gasteiger partial charge in [0.25, 0.3) is 0 Å². The van der Waals surface area contributed by atoms with Gasteiger partial charge in [-0.3, -0.25) is 4.79 Å². The van der Waals surface area contributed by atoms with E-state index in [0.717, 1.165) is 5.39 Å². The van der Waals surface area contributed by atoms with Crippen LogP contribution in [0.4, 0.5) is 0 Å². The molecule has 0 amide bonds. The SMILES string of the molecule is CCOC(=O)c1c(C)[nH]c(C)c1C(=O)/C(C#N)=C/c1cc2ccccc2o1. The smallest absolute Gasteiger partial charge is 0.340 e. The number of rotatable bonds is 5. The molecule has 0 bridgehead atoms. The van der Waals surface area contributed by atoms with Crippen molar-refractivity contribution in [3.8, 4) is 6.07 Å². The van der Waals surface area contributed by atoms with E-state index < -0.39 is 11.8 Å². The molecular formula is C21H18N2O4. The summed E-state index contributed by atoms with van der Waals surface area (Å²) in [5, 5.41) is 10.4. The van der Waals surface area contributed by atoms with Crippen LogP contribution < -0.4 is 0 Å². The molecule has 3 aromatic rings. The molecule has 0 atom stereocenters. The quantitative estimate of drug-likeness (QED) is 0.315. The molecule has 0 fully saturated rings. The monoisotopic (exact) mass is 362 g/mol. The number of aromatic amines is 1. The number of ether oxygens (including phenoxy) is 1. The van der Waals surface area contributed by atoms with Crippen molar-refractivity contribution in [3.63, 3.8) is 0 Å². The molecule has 2 aromatic heterocycles. The Hall–Kier alpha value is -3.59. The standard InChI is InChI=1S/C21H18N2O4/c1-4-26-21(25)19-13(3)23-12(2)18(19)20(24)15(11-22)10-16-9-14-7-5-6-8-17(14)27-16/h5-10,23H,4H2,1-3H3/b15-10+. The number of aryl methyl sites for hydroxylation is 2. The van der Waals surface area contributed by atoms with Gasteiger partial charge in [0.15, 0.2) is 0 Å². The Bertz CT molecular complexity index is 1080. The van der Waals surface area contributed by atoms with Gasteiger partial charge >= 0.3 is 5.97 Å². The molecule has 0 saturated heterocycles. The number of nitrogens with one attached hydrogen (secondary N) is 1. The van der Waals surface area contributed by atoms with Gasteiger partial charge in [-0.2, -0.15) is 5.26 Å². The average Bonchev–Trinajstić information content (AvgIpc) is 3.18. The molecule has 0 aliphatic rings. The van der Waals surface area contributed by atoms with Crippen LogP contribution in [0.5, 0.6) is 0 Å². The molecule has 0 aliphatic heterocycles. The first-order valence-corrected chi connectivity index (χ1v) is 8.47. The van der Waals surface area contributed by atoms with Gasteiger partial charge in [-0.15, -0.1) is 0 Å². The summed E-state index contributed by atoms with van der Waals surface area (Å²) in [4.78, 5) is 28.3. The second-order valence-corrected chi connectivity index (χ2v) is 6.03. The van der Waals surface area contributed by atoms with Crippen LogP contribution in [0.2, 0.25) is 0 Å². The molecule has 0 aliphatic carbocycles. The number of esters is 1. The van der Waals surface area contributed by atoms with E-state index in [2.05, 4.69) is 4.98 Å². The lowest BCUT2D eigenvalue weighted by Crippen LogP contribution is -2.13. The Morgan fingerprint density at radius 1 is 1.22 bits per heavy atom. The molecule has 0 saturated carbocycles. The van der Waals surface area contributed by atoms with E-state index in [1.54, 1.807) is 32.9 Å². The number of fused-ring (bicyclic) bond motifs is 1. The zero-order valence-corrected chi connectivity index (χ0v) is 15.3. The predicted molar refractivity (Wildman–Crippen MR) is 100 cm³/mol. The molecule has 3 rings (SSSR count). The molecule has 0 unspecified atom stereocenters. The van der Waals surface area contributed by atoms with Gasteiger partial charge in [0.2, 0.25) is 5.78 Å². The first-order chi connectivity index (χ1) is 13.0. The fraction of sp³-hybridized carbons (Fsp3) is 0.190. The van der Waals surface area contributed by atoms with Crippen LogP contribution in [0.15, 0.2) is 40.3 Å². The number of Topliss-reactive ketones (excluding diaryl/α,β-unsaturated/α-hetero) is 1. The van der Waals surface area contributed by atoms with E-state index >= 15 is 0 Å². The number of allylic oxidation sites excluding steroid dienone is 1. The maximum absolute atomic E-state index is 13.0. The lowest BCUT2D eigenvalue weighted by atomic mass is 9.99. The number of carbonyl (C=O) groups excluding carboxylic acids is 2. The summed E-state index contributed by atoms with van der Waals surface area (Å²) in [6.45, 7) is 5.25. The van der Waals surface area contributed by atoms with Crippen molar-refractivity contribution in [3.05, 3.63) is 64.2 Å². The third-order valence-electron chi connectivity index (χ3n) is 4.18. The van der Waals surface area contributed by atoms with Gasteiger partial charge in [-0.25, -0.2) is 4.79 Å². The lowest BCUT2D eigenvalue weighted by Gasteiger charge is -2.05. The third-order valence-corrected chi connectivity index (χ3v) is 4.18. The number of hydrogen-bond acceptors (Lipinski definition) is 5. The molecule has 0 spiro atoms. The molecule has 1 aromatic carbocycles.